The highest BCUT2D eigenvalue weighted by Crippen LogP contribution is 2.21. The largest absolute Gasteiger partial charge is 0.368 e. The van der Waals surface area contributed by atoms with Gasteiger partial charge in [-0.15, -0.1) is 0 Å². The third-order valence-electron chi connectivity index (χ3n) is 3.22. The fourth-order valence-corrected chi connectivity index (χ4v) is 2.43. The Morgan fingerprint density at radius 2 is 2.22 bits per heavy atom. The number of nitrogens with one attached hydrogen (secondary N) is 1. The van der Waals surface area contributed by atoms with Crippen molar-refractivity contribution in [1.82, 2.24) is 5.32 Å². The topological polar surface area (TPSA) is 38.3 Å². The molecule has 0 aromatic heterocycles. The second-order valence-corrected chi connectivity index (χ2v) is 5.44. The number of carbonyl (C=O) groups excluding carboxylic acids is 1. The molecule has 2 atom stereocenters. The average Bonchev–Trinajstić information content (AvgIpc) is 2.91. The zero-order chi connectivity index (χ0) is 13.0. The molecule has 1 aliphatic rings. The fourth-order valence-electron chi connectivity index (χ4n) is 2.17. The van der Waals surface area contributed by atoms with Crippen LogP contribution >= 0.6 is 15.9 Å². The molecule has 1 N–H and O–H groups in total. The number of amides is 1. The van der Waals surface area contributed by atoms with E-state index in [0.717, 1.165) is 29.3 Å². The maximum absolute atomic E-state index is 12.0. The van der Waals surface area contributed by atoms with Crippen molar-refractivity contribution in [2.75, 3.05) is 6.61 Å². The van der Waals surface area contributed by atoms with Gasteiger partial charge in [0.1, 0.15) is 6.10 Å². The van der Waals surface area contributed by atoms with E-state index in [2.05, 4.69) is 28.2 Å². The molecule has 2 rings (SSSR count). The van der Waals surface area contributed by atoms with Gasteiger partial charge >= 0.3 is 0 Å². The van der Waals surface area contributed by atoms with Crippen LogP contribution in [-0.2, 0) is 9.53 Å². The summed E-state index contributed by atoms with van der Waals surface area (Å²) in [5, 5.41) is 3.07. The zero-order valence-electron chi connectivity index (χ0n) is 10.5. The highest BCUT2D eigenvalue weighted by atomic mass is 79.9. The number of ether oxygens (including phenoxy) is 1. The zero-order valence-corrected chi connectivity index (χ0v) is 12.1. The number of hydrogen-bond donors (Lipinski definition) is 1. The molecule has 0 aliphatic carbocycles. The molecule has 0 bridgehead atoms. The minimum Gasteiger partial charge on any atom is -0.368 e. The Balaban J connectivity index is 2.00. The minimum atomic E-state index is -0.255. The van der Waals surface area contributed by atoms with Gasteiger partial charge in [-0.2, -0.15) is 0 Å². The monoisotopic (exact) mass is 311 g/mol. The van der Waals surface area contributed by atoms with Crippen LogP contribution in [0, 0.1) is 0 Å². The van der Waals surface area contributed by atoms with E-state index in [-0.39, 0.29) is 18.1 Å². The molecule has 1 fully saturated rings. The smallest absolute Gasteiger partial charge is 0.249 e. The lowest BCUT2D eigenvalue weighted by atomic mass is 10.0. The standard InChI is InChI=1S/C14H18BrNO2/c1-2-12(10-5-7-11(15)8-6-10)16-14(17)13-4-3-9-18-13/h5-8,12-13H,2-4,9H2,1H3,(H,16,17)/t12-,13+/m0/s1. The molecule has 1 saturated heterocycles. The van der Waals surface area contributed by atoms with Gasteiger partial charge in [0.15, 0.2) is 0 Å². The lowest BCUT2D eigenvalue weighted by Gasteiger charge is -2.19. The Labute approximate surface area is 116 Å². The molecular weight excluding hydrogens is 294 g/mol. The predicted octanol–water partition coefficient (Wildman–Crippen LogP) is 3.20. The summed E-state index contributed by atoms with van der Waals surface area (Å²) in [5.74, 6) is 0.0160. The third-order valence-corrected chi connectivity index (χ3v) is 3.75. The molecule has 4 heteroatoms. The van der Waals surface area contributed by atoms with E-state index in [1.807, 2.05) is 24.3 Å². The molecule has 98 valence electrons. The van der Waals surface area contributed by atoms with Crippen molar-refractivity contribution >= 4 is 21.8 Å². The van der Waals surface area contributed by atoms with Crippen LogP contribution in [0.3, 0.4) is 0 Å². The van der Waals surface area contributed by atoms with Crippen molar-refractivity contribution in [3.63, 3.8) is 0 Å². The summed E-state index contributed by atoms with van der Waals surface area (Å²) in [6, 6.07) is 8.13. The van der Waals surface area contributed by atoms with Crippen molar-refractivity contribution in [3.8, 4) is 0 Å². The van der Waals surface area contributed by atoms with Gasteiger partial charge in [-0.25, -0.2) is 0 Å². The van der Waals surface area contributed by atoms with Crippen LogP contribution in [0.1, 0.15) is 37.8 Å². The Hall–Kier alpha value is -0.870. The van der Waals surface area contributed by atoms with Crippen LogP contribution in [0.5, 0.6) is 0 Å². The molecule has 0 unspecified atom stereocenters. The summed E-state index contributed by atoms with van der Waals surface area (Å²) in [4.78, 5) is 12.0. The average molecular weight is 312 g/mol. The van der Waals surface area contributed by atoms with Crippen molar-refractivity contribution in [2.45, 2.75) is 38.3 Å². The number of hydrogen-bond acceptors (Lipinski definition) is 2. The Kier molecular flexibility index (Phi) is 4.78. The lowest BCUT2D eigenvalue weighted by molar-refractivity contribution is -0.130. The number of carbonyl (C=O) groups is 1. The lowest BCUT2D eigenvalue weighted by Crippen LogP contribution is -2.36. The molecule has 0 spiro atoms. The van der Waals surface area contributed by atoms with Crippen LogP contribution in [0.25, 0.3) is 0 Å². The maximum Gasteiger partial charge on any atom is 0.249 e. The molecule has 0 saturated carbocycles. The first-order chi connectivity index (χ1) is 8.70. The van der Waals surface area contributed by atoms with Crippen LogP contribution in [0.2, 0.25) is 0 Å². The van der Waals surface area contributed by atoms with Crippen LogP contribution in [0.15, 0.2) is 28.7 Å². The van der Waals surface area contributed by atoms with E-state index < -0.39 is 0 Å². The van der Waals surface area contributed by atoms with Gasteiger partial charge in [0.2, 0.25) is 5.91 Å². The molecule has 0 radical (unpaired) electrons. The highest BCUT2D eigenvalue weighted by Gasteiger charge is 2.25. The number of benzene rings is 1. The summed E-state index contributed by atoms with van der Waals surface area (Å²) in [6.07, 6.45) is 2.44. The third kappa shape index (κ3) is 3.33. The molecule has 1 amide bonds. The molecular formula is C14H18BrNO2. The Morgan fingerprint density at radius 3 is 2.78 bits per heavy atom. The summed E-state index contributed by atoms with van der Waals surface area (Å²) in [7, 11) is 0. The summed E-state index contributed by atoms with van der Waals surface area (Å²) in [6.45, 7) is 2.77. The summed E-state index contributed by atoms with van der Waals surface area (Å²) in [5.41, 5.74) is 1.13. The minimum absolute atomic E-state index is 0.0160. The molecule has 1 aliphatic heterocycles. The number of halogens is 1. The molecule has 1 aromatic rings. The van der Waals surface area contributed by atoms with E-state index in [1.54, 1.807) is 0 Å². The van der Waals surface area contributed by atoms with E-state index >= 15 is 0 Å². The van der Waals surface area contributed by atoms with E-state index in [4.69, 9.17) is 4.74 Å². The van der Waals surface area contributed by atoms with Gasteiger partial charge in [0.25, 0.3) is 0 Å². The molecule has 18 heavy (non-hydrogen) atoms. The number of rotatable bonds is 4. The van der Waals surface area contributed by atoms with Crippen molar-refractivity contribution in [1.29, 1.82) is 0 Å². The first-order valence-corrected chi connectivity index (χ1v) is 7.17. The second kappa shape index (κ2) is 6.34. The second-order valence-electron chi connectivity index (χ2n) is 4.52. The SMILES string of the molecule is CC[C@H](NC(=O)[C@H]1CCCO1)c1ccc(Br)cc1. The van der Waals surface area contributed by atoms with Crippen molar-refractivity contribution < 1.29 is 9.53 Å². The van der Waals surface area contributed by atoms with E-state index in [0.29, 0.717) is 6.61 Å². The van der Waals surface area contributed by atoms with E-state index in [1.165, 1.54) is 0 Å². The van der Waals surface area contributed by atoms with Crippen LogP contribution in [-0.4, -0.2) is 18.6 Å². The van der Waals surface area contributed by atoms with Gasteiger partial charge in [-0.1, -0.05) is 35.0 Å². The predicted molar refractivity (Wildman–Crippen MR) is 74.3 cm³/mol. The van der Waals surface area contributed by atoms with Gasteiger partial charge in [-0.05, 0) is 37.0 Å². The van der Waals surface area contributed by atoms with E-state index in [9.17, 15) is 4.79 Å². The van der Waals surface area contributed by atoms with Gasteiger partial charge < -0.3 is 10.1 Å². The quantitative estimate of drug-likeness (QED) is 0.927. The highest BCUT2D eigenvalue weighted by molar-refractivity contribution is 9.10. The van der Waals surface area contributed by atoms with Gasteiger partial charge in [0.05, 0.1) is 6.04 Å². The Bertz CT molecular complexity index is 399. The molecule has 1 aromatic carbocycles. The van der Waals surface area contributed by atoms with Crippen LogP contribution < -0.4 is 5.32 Å². The Morgan fingerprint density at radius 1 is 1.50 bits per heavy atom. The van der Waals surface area contributed by atoms with Crippen molar-refractivity contribution in [2.24, 2.45) is 0 Å². The molecule has 1 heterocycles. The fraction of sp³-hybridized carbons (Fsp3) is 0.500. The van der Waals surface area contributed by atoms with Crippen molar-refractivity contribution in [3.05, 3.63) is 34.3 Å². The maximum atomic E-state index is 12.0. The van der Waals surface area contributed by atoms with Gasteiger partial charge in [0, 0.05) is 11.1 Å². The normalized spacial score (nSPS) is 20.7. The summed E-state index contributed by atoms with van der Waals surface area (Å²) >= 11 is 3.41. The first-order valence-electron chi connectivity index (χ1n) is 6.38. The van der Waals surface area contributed by atoms with Gasteiger partial charge in [-0.3, -0.25) is 4.79 Å². The molecule has 3 nitrogen and oxygen atoms in total. The first kappa shape index (κ1) is 13.6. The summed E-state index contributed by atoms with van der Waals surface area (Å²) < 4.78 is 6.44. The van der Waals surface area contributed by atoms with Crippen LogP contribution in [0.4, 0.5) is 0 Å².